The van der Waals surface area contributed by atoms with E-state index in [1.165, 1.54) is 16.7 Å². The highest BCUT2D eigenvalue weighted by molar-refractivity contribution is 5.97. The Morgan fingerprint density at radius 2 is 1.86 bits per heavy atom. The van der Waals surface area contributed by atoms with E-state index in [1.807, 2.05) is 0 Å². The smallest absolute Gasteiger partial charge is 0.277 e. The van der Waals surface area contributed by atoms with Gasteiger partial charge in [0.2, 0.25) is 0 Å². The van der Waals surface area contributed by atoms with Crippen molar-refractivity contribution in [1.82, 2.24) is 19.4 Å². The minimum absolute atomic E-state index is 0.0706. The molecular formula is C30H34F4N6O2. The number of ether oxygens (including phenoxy) is 1. The molecule has 1 aromatic carbocycles. The number of nitrogens with one attached hydrogen (secondary N) is 1. The van der Waals surface area contributed by atoms with Crippen LogP contribution in [-0.4, -0.2) is 70.5 Å². The minimum atomic E-state index is -2.95. The first-order valence-corrected chi connectivity index (χ1v) is 14.6. The predicted molar refractivity (Wildman–Crippen MR) is 151 cm³/mol. The standard InChI is InChI=1S/C30H34F4N6O2/c1-17(20-4-3-5-21(23(20)32)26(33)34)35-27-22-12-40(29(15-31)6-7-29)28(41)25(24(22)36-18(2)37-27)39-11-10-38(19-13-42-14-19)16-30(39)8-9-30/h3-5,12,17,19,26H,6-11,13-16H2,1-2H3,(H,35,36,37)/t17-/m1/s1. The van der Waals surface area contributed by atoms with E-state index in [0.29, 0.717) is 53.7 Å². The zero-order valence-electron chi connectivity index (χ0n) is 23.7. The van der Waals surface area contributed by atoms with Gasteiger partial charge in [0.25, 0.3) is 12.0 Å². The highest BCUT2D eigenvalue weighted by Crippen LogP contribution is 2.49. The zero-order valence-corrected chi connectivity index (χ0v) is 23.7. The first-order chi connectivity index (χ1) is 20.2. The van der Waals surface area contributed by atoms with Crippen molar-refractivity contribution in [1.29, 1.82) is 0 Å². The Morgan fingerprint density at radius 1 is 1.12 bits per heavy atom. The van der Waals surface area contributed by atoms with E-state index < -0.39 is 36.1 Å². The van der Waals surface area contributed by atoms with Crippen LogP contribution in [0, 0.1) is 12.7 Å². The summed E-state index contributed by atoms with van der Waals surface area (Å²) in [7, 11) is 0. The molecule has 42 heavy (non-hydrogen) atoms. The Bertz CT molecular complexity index is 1600. The van der Waals surface area contributed by atoms with Gasteiger partial charge in [-0.25, -0.2) is 27.5 Å². The van der Waals surface area contributed by atoms with Crippen LogP contribution in [0.5, 0.6) is 0 Å². The highest BCUT2D eigenvalue weighted by atomic mass is 19.3. The van der Waals surface area contributed by atoms with Crippen LogP contribution in [0.4, 0.5) is 29.1 Å². The van der Waals surface area contributed by atoms with Crippen molar-refractivity contribution in [3.63, 3.8) is 0 Å². The van der Waals surface area contributed by atoms with Crippen LogP contribution in [0.25, 0.3) is 10.9 Å². The highest BCUT2D eigenvalue weighted by Gasteiger charge is 2.54. The van der Waals surface area contributed by atoms with Crippen molar-refractivity contribution in [2.75, 3.05) is 49.7 Å². The third-order valence-corrected chi connectivity index (χ3v) is 9.58. The second-order valence-corrected chi connectivity index (χ2v) is 12.3. The van der Waals surface area contributed by atoms with Crippen molar-refractivity contribution in [3.05, 3.63) is 57.5 Å². The maximum atomic E-state index is 15.1. The predicted octanol–water partition coefficient (Wildman–Crippen LogP) is 4.86. The monoisotopic (exact) mass is 586 g/mol. The first-order valence-electron chi connectivity index (χ1n) is 14.6. The van der Waals surface area contributed by atoms with E-state index in [0.717, 1.165) is 45.2 Å². The summed E-state index contributed by atoms with van der Waals surface area (Å²) >= 11 is 0. The quantitative estimate of drug-likeness (QED) is 0.378. The van der Waals surface area contributed by atoms with Crippen LogP contribution >= 0.6 is 0 Å². The van der Waals surface area contributed by atoms with Gasteiger partial charge in [0.1, 0.15) is 35.3 Å². The number of benzene rings is 1. The lowest BCUT2D eigenvalue weighted by atomic mass is 10.0. The molecule has 2 aliphatic heterocycles. The molecule has 0 amide bonds. The largest absolute Gasteiger partial charge is 0.378 e. The molecule has 224 valence electrons. The SMILES string of the molecule is Cc1nc(N[C@H](C)c2cccc(C(F)F)c2F)c2cn(C3(CF)CC3)c(=O)c(N3CCN(C4COC4)CC34CC4)c2n1. The van der Waals surface area contributed by atoms with E-state index >= 15 is 4.39 Å². The summed E-state index contributed by atoms with van der Waals surface area (Å²) in [4.78, 5) is 28.2. The number of aromatic nitrogens is 3. The summed E-state index contributed by atoms with van der Waals surface area (Å²) in [6, 6.07) is 3.59. The van der Waals surface area contributed by atoms with E-state index in [-0.39, 0.29) is 16.7 Å². The van der Waals surface area contributed by atoms with Gasteiger partial charge in [0.15, 0.2) is 0 Å². The lowest BCUT2D eigenvalue weighted by Gasteiger charge is -2.48. The molecule has 7 rings (SSSR count). The fraction of sp³-hybridized carbons (Fsp3) is 0.567. The van der Waals surface area contributed by atoms with Crippen LogP contribution in [0.2, 0.25) is 0 Å². The van der Waals surface area contributed by atoms with Crippen molar-refractivity contribution >= 4 is 22.4 Å². The Kier molecular flexibility index (Phi) is 6.50. The number of aryl methyl sites for hydroxylation is 1. The van der Waals surface area contributed by atoms with Gasteiger partial charge in [-0.3, -0.25) is 9.69 Å². The molecule has 4 heterocycles. The van der Waals surface area contributed by atoms with Gasteiger partial charge < -0.3 is 19.5 Å². The summed E-state index contributed by atoms with van der Waals surface area (Å²) in [6.07, 6.45) is 1.65. The third-order valence-electron chi connectivity index (χ3n) is 9.58. The van der Waals surface area contributed by atoms with Crippen molar-refractivity contribution in [2.45, 2.75) is 69.1 Å². The number of fused-ring (bicyclic) bond motifs is 1. The number of anilines is 2. The molecule has 2 aliphatic carbocycles. The van der Waals surface area contributed by atoms with Crippen LogP contribution in [-0.2, 0) is 10.3 Å². The Morgan fingerprint density at radius 3 is 2.48 bits per heavy atom. The fourth-order valence-electron chi connectivity index (χ4n) is 6.61. The zero-order chi connectivity index (χ0) is 29.4. The molecule has 4 aliphatic rings. The van der Waals surface area contributed by atoms with E-state index in [1.54, 1.807) is 20.0 Å². The number of nitrogens with zero attached hydrogens (tertiary/aromatic N) is 5. The number of hydrogen-bond acceptors (Lipinski definition) is 7. The summed E-state index contributed by atoms with van der Waals surface area (Å²) in [6.45, 7) is 6.36. The van der Waals surface area contributed by atoms with Gasteiger partial charge in [-0.2, -0.15) is 0 Å². The van der Waals surface area contributed by atoms with Crippen LogP contribution in [0.15, 0.2) is 29.2 Å². The normalized spacial score (nSPS) is 22.0. The van der Waals surface area contributed by atoms with E-state index in [4.69, 9.17) is 9.72 Å². The molecule has 0 bridgehead atoms. The van der Waals surface area contributed by atoms with Gasteiger partial charge in [-0.15, -0.1) is 0 Å². The maximum absolute atomic E-state index is 15.1. The Hall–Kier alpha value is -3.25. The summed E-state index contributed by atoms with van der Waals surface area (Å²) in [5, 5.41) is 3.72. The number of piperazine rings is 1. The summed E-state index contributed by atoms with van der Waals surface area (Å²) in [5.41, 5.74) is -1.07. The molecular weight excluding hydrogens is 552 g/mol. The van der Waals surface area contributed by atoms with Gasteiger partial charge >= 0.3 is 0 Å². The second-order valence-electron chi connectivity index (χ2n) is 12.3. The number of rotatable bonds is 8. The average molecular weight is 587 g/mol. The van der Waals surface area contributed by atoms with Crippen LogP contribution in [0.3, 0.4) is 0 Å². The molecule has 2 saturated carbocycles. The van der Waals surface area contributed by atoms with E-state index in [2.05, 4.69) is 20.1 Å². The molecule has 2 saturated heterocycles. The Labute approximate surface area is 240 Å². The molecule has 4 fully saturated rings. The molecule has 3 aromatic rings. The average Bonchev–Trinajstić information content (AvgIpc) is 3.86. The number of halogens is 4. The van der Waals surface area contributed by atoms with Crippen LogP contribution < -0.4 is 15.8 Å². The minimum Gasteiger partial charge on any atom is -0.378 e. The Balaban J connectivity index is 1.35. The number of hydrogen-bond donors (Lipinski definition) is 1. The molecule has 1 spiro atoms. The lowest BCUT2D eigenvalue weighted by Crippen LogP contribution is -2.62. The number of alkyl halides is 3. The molecule has 0 unspecified atom stereocenters. The van der Waals surface area contributed by atoms with Crippen molar-refractivity contribution in [2.24, 2.45) is 0 Å². The molecule has 0 radical (unpaired) electrons. The molecule has 1 atom stereocenters. The fourth-order valence-corrected chi connectivity index (χ4v) is 6.61. The summed E-state index contributed by atoms with van der Waals surface area (Å²) < 4.78 is 63.3. The third kappa shape index (κ3) is 4.36. The van der Waals surface area contributed by atoms with Crippen LogP contribution in [0.1, 0.15) is 62.0 Å². The number of pyridine rings is 1. The molecule has 12 heteroatoms. The van der Waals surface area contributed by atoms with E-state index in [9.17, 15) is 18.0 Å². The van der Waals surface area contributed by atoms with Gasteiger partial charge in [-0.05, 0) is 39.5 Å². The summed E-state index contributed by atoms with van der Waals surface area (Å²) in [5.74, 6) is -0.231. The lowest BCUT2D eigenvalue weighted by molar-refractivity contribution is -0.0710. The molecule has 1 N–H and O–H groups in total. The topological polar surface area (TPSA) is 75.5 Å². The van der Waals surface area contributed by atoms with Gasteiger partial charge in [0.05, 0.1) is 47.3 Å². The van der Waals surface area contributed by atoms with Gasteiger partial charge in [-0.1, -0.05) is 18.2 Å². The second kappa shape index (κ2) is 9.90. The van der Waals surface area contributed by atoms with Crippen molar-refractivity contribution in [3.8, 4) is 0 Å². The molecule has 2 aromatic heterocycles. The first kappa shape index (κ1) is 27.6. The van der Waals surface area contributed by atoms with Crippen molar-refractivity contribution < 1.29 is 22.3 Å². The van der Waals surface area contributed by atoms with Gasteiger partial charge in [0, 0.05) is 31.4 Å². The maximum Gasteiger partial charge on any atom is 0.277 e. The molecule has 8 nitrogen and oxygen atoms in total.